The number of hydrogen-bond donors (Lipinski definition) is 2. The van der Waals surface area contributed by atoms with E-state index in [4.69, 9.17) is 0 Å². The fourth-order valence-corrected chi connectivity index (χ4v) is 5.61. The van der Waals surface area contributed by atoms with Crippen LogP contribution in [0.25, 0.3) is 0 Å². The first-order valence-corrected chi connectivity index (χ1v) is 12.9. The lowest BCUT2D eigenvalue weighted by atomic mass is 10.1. The molecule has 3 heterocycles. The van der Waals surface area contributed by atoms with E-state index in [2.05, 4.69) is 25.5 Å². The summed E-state index contributed by atoms with van der Waals surface area (Å²) < 4.78 is 0. The topological polar surface area (TPSA) is 104 Å². The molecule has 1 atom stereocenters. The Morgan fingerprint density at radius 3 is 2.70 bits per heavy atom. The molecule has 3 amide bonds. The van der Waals surface area contributed by atoms with Crippen LogP contribution < -0.4 is 10.6 Å². The van der Waals surface area contributed by atoms with Crippen LogP contribution in [0.3, 0.4) is 0 Å². The lowest BCUT2D eigenvalue weighted by Gasteiger charge is -2.27. The number of amides is 3. The summed E-state index contributed by atoms with van der Waals surface area (Å²) in [7, 11) is 0. The Morgan fingerprint density at radius 2 is 1.97 bits per heavy atom. The van der Waals surface area contributed by atoms with E-state index >= 15 is 0 Å². The van der Waals surface area contributed by atoms with E-state index in [1.807, 2.05) is 19.2 Å². The van der Waals surface area contributed by atoms with Crippen molar-refractivity contribution < 1.29 is 14.4 Å². The number of piperidine rings is 1. The number of rotatable bonds is 6. The van der Waals surface area contributed by atoms with Crippen LogP contribution in [0.5, 0.6) is 0 Å². The predicted molar refractivity (Wildman–Crippen MR) is 133 cm³/mol. The average Bonchev–Trinajstić information content (AvgIpc) is 3.41. The lowest BCUT2D eigenvalue weighted by molar-refractivity contribution is -0.121. The predicted octanol–water partition coefficient (Wildman–Crippen LogP) is 4.33. The number of benzene rings is 1. The van der Waals surface area contributed by atoms with Gasteiger partial charge in [0.05, 0.1) is 5.69 Å². The van der Waals surface area contributed by atoms with Crippen molar-refractivity contribution in [3.63, 3.8) is 0 Å². The number of nitrogens with one attached hydrogen (secondary N) is 2. The number of amidine groups is 1. The van der Waals surface area contributed by atoms with Crippen molar-refractivity contribution in [1.82, 2.24) is 9.88 Å². The smallest absolute Gasteiger partial charge is 0.262 e. The molecule has 1 fully saturated rings. The highest BCUT2D eigenvalue weighted by molar-refractivity contribution is 8.15. The van der Waals surface area contributed by atoms with Crippen LogP contribution in [0.15, 0.2) is 34.6 Å². The summed E-state index contributed by atoms with van der Waals surface area (Å²) in [4.78, 5) is 48.2. The summed E-state index contributed by atoms with van der Waals surface area (Å²) in [5, 5.41) is 8.30. The Kier molecular flexibility index (Phi) is 7.44. The van der Waals surface area contributed by atoms with E-state index in [1.54, 1.807) is 24.3 Å². The fourth-order valence-electron chi connectivity index (χ4n) is 3.63. The lowest BCUT2D eigenvalue weighted by Crippen LogP contribution is -2.33. The van der Waals surface area contributed by atoms with Crippen LogP contribution in [0, 0.1) is 0 Å². The SMILES string of the molecule is CC(C)c1csc(NC(=O)c2cccc(NC(=O)CC3SC(N4CCCCC4)=NC3=O)c2)n1. The molecule has 0 bridgehead atoms. The standard InChI is InChI=1S/C23H27N5O3S2/c1-14(2)17-13-32-22(25-17)26-20(30)15-7-6-8-16(11-15)24-19(29)12-18-21(31)27-23(33-18)28-9-4-3-5-10-28/h6-8,11,13-14,18H,3-5,9-10,12H2,1-2H3,(H,24,29)(H,25,26,30). The number of likely N-dealkylation sites (tertiary alicyclic amines) is 1. The van der Waals surface area contributed by atoms with Gasteiger partial charge in [0.25, 0.3) is 11.8 Å². The molecule has 10 heteroatoms. The molecule has 0 radical (unpaired) electrons. The third-order valence-corrected chi connectivity index (χ3v) is 7.46. The van der Waals surface area contributed by atoms with E-state index in [1.165, 1.54) is 29.5 Å². The molecule has 1 saturated heterocycles. The molecule has 1 aromatic heterocycles. The third kappa shape index (κ3) is 6.00. The second kappa shape index (κ2) is 10.5. The van der Waals surface area contributed by atoms with E-state index < -0.39 is 5.25 Å². The minimum Gasteiger partial charge on any atom is -0.351 e. The molecule has 1 unspecified atom stereocenters. The highest BCUT2D eigenvalue weighted by atomic mass is 32.2. The minimum absolute atomic E-state index is 0.0395. The molecule has 2 aliphatic heterocycles. The van der Waals surface area contributed by atoms with Crippen LogP contribution in [0.4, 0.5) is 10.8 Å². The molecule has 2 aliphatic rings. The quantitative estimate of drug-likeness (QED) is 0.631. The monoisotopic (exact) mass is 485 g/mol. The molecule has 0 aliphatic carbocycles. The Balaban J connectivity index is 1.32. The van der Waals surface area contributed by atoms with Crippen LogP contribution in [-0.2, 0) is 9.59 Å². The fraction of sp³-hybridized carbons (Fsp3) is 0.435. The van der Waals surface area contributed by atoms with Gasteiger partial charge in [0.2, 0.25) is 5.91 Å². The van der Waals surface area contributed by atoms with Gasteiger partial charge in [0.1, 0.15) is 5.25 Å². The van der Waals surface area contributed by atoms with E-state index in [0.29, 0.717) is 16.4 Å². The number of thiazole rings is 1. The van der Waals surface area contributed by atoms with Gasteiger partial charge in [0.15, 0.2) is 10.3 Å². The molecule has 1 aromatic carbocycles. The maximum absolute atomic E-state index is 12.6. The summed E-state index contributed by atoms with van der Waals surface area (Å²) in [5.74, 6) is -0.545. The van der Waals surface area contributed by atoms with E-state index in [9.17, 15) is 14.4 Å². The summed E-state index contributed by atoms with van der Waals surface area (Å²) in [5.41, 5.74) is 1.85. The number of carbonyl (C=O) groups is 3. The van der Waals surface area contributed by atoms with Crippen molar-refractivity contribution in [2.75, 3.05) is 23.7 Å². The van der Waals surface area contributed by atoms with Gasteiger partial charge in [-0.15, -0.1) is 11.3 Å². The van der Waals surface area contributed by atoms with Gasteiger partial charge < -0.3 is 10.2 Å². The molecule has 0 saturated carbocycles. The number of hydrogen-bond acceptors (Lipinski definition) is 7. The minimum atomic E-state index is -0.506. The van der Waals surface area contributed by atoms with Crippen LogP contribution in [0.1, 0.15) is 61.5 Å². The summed E-state index contributed by atoms with van der Waals surface area (Å²) in [6, 6.07) is 6.72. The number of thioether (sulfide) groups is 1. The maximum Gasteiger partial charge on any atom is 0.262 e. The van der Waals surface area contributed by atoms with Gasteiger partial charge in [-0.1, -0.05) is 31.7 Å². The largest absolute Gasteiger partial charge is 0.351 e. The van der Waals surface area contributed by atoms with Gasteiger partial charge >= 0.3 is 0 Å². The number of carbonyl (C=O) groups excluding carboxylic acids is 3. The van der Waals surface area contributed by atoms with Gasteiger partial charge in [0, 0.05) is 36.1 Å². The Bertz CT molecular complexity index is 1080. The number of nitrogens with zero attached hydrogens (tertiary/aromatic N) is 3. The molecule has 8 nitrogen and oxygen atoms in total. The second-order valence-electron chi connectivity index (χ2n) is 8.41. The molecule has 4 rings (SSSR count). The zero-order valence-electron chi connectivity index (χ0n) is 18.7. The highest BCUT2D eigenvalue weighted by Gasteiger charge is 2.33. The zero-order valence-corrected chi connectivity index (χ0v) is 20.3. The normalized spacial score (nSPS) is 18.4. The average molecular weight is 486 g/mol. The van der Waals surface area contributed by atoms with Gasteiger partial charge in [-0.25, -0.2) is 4.98 Å². The summed E-state index contributed by atoms with van der Waals surface area (Å²) in [6.07, 6.45) is 3.44. The number of aromatic nitrogens is 1. The molecule has 174 valence electrons. The molecular weight excluding hydrogens is 458 g/mol. The second-order valence-corrected chi connectivity index (χ2v) is 10.4. The first-order valence-electron chi connectivity index (χ1n) is 11.1. The molecule has 2 aromatic rings. The molecule has 33 heavy (non-hydrogen) atoms. The van der Waals surface area contributed by atoms with Crippen LogP contribution in [-0.4, -0.2) is 51.1 Å². The van der Waals surface area contributed by atoms with Gasteiger partial charge in [-0.05, 0) is 43.4 Å². The van der Waals surface area contributed by atoms with Crippen molar-refractivity contribution in [2.24, 2.45) is 4.99 Å². The Morgan fingerprint density at radius 1 is 1.18 bits per heavy atom. The molecule has 0 spiro atoms. The van der Waals surface area contributed by atoms with Crippen molar-refractivity contribution in [2.45, 2.75) is 50.7 Å². The van der Waals surface area contributed by atoms with Crippen molar-refractivity contribution in [3.05, 3.63) is 40.9 Å². The Hall–Kier alpha value is -2.72. The number of anilines is 2. The number of aliphatic imine (C=N–C) groups is 1. The van der Waals surface area contributed by atoms with E-state index in [-0.39, 0.29) is 30.1 Å². The third-order valence-electron chi connectivity index (χ3n) is 5.47. The Labute approximate surface area is 201 Å². The van der Waals surface area contributed by atoms with Crippen molar-refractivity contribution in [3.8, 4) is 0 Å². The first-order chi connectivity index (χ1) is 15.9. The summed E-state index contributed by atoms with van der Waals surface area (Å²) in [6.45, 7) is 5.91. The van der Waals surface area contributed by atoms with Crippen molar-refractivity contribution in [1.29, 1.82) is 0 Å². The van der Waals surface area contributed by atoms with Crippen molar-refractivity contribution >= 4 is 56.8 Å². The maximum atomic E-state index is 12.6. The highest BCUT2D eigenvalue weighted by Crippen LogP contribution is 2.29. The van der Waals surface area contributed by atoms with Crippen LogP contribution >= 0.6 is 23.1 Å². The zero-order chi connectivity index (χ0) is 23.4. The molecule has 2 N–H and O–H groups in total. The van der Waals surface area contributed by atoms with Gasteiger partial charge in [-0.3, -0.25) is 19.7 Å². The van der Waals surface area contributed by atoms with E-state index in [0.717, 1.165) is 36.8 Å². The first kappa shape index (κ1) is 23.4. The molecular formula is C23H27N5O3S2. The summed E-state index contributed by atoms with van der Waals surface area (Å²) >= 11 is 2.76. The van der Waals surface area contributed by atoms with Gasteiger partial charge in [-0.2, -0.15) is 4.99 Å². The van der Waals surface area contributed by atoms with Crippen LogP contribution in [0.2, 0.25) is 0 Å².